The van der Waals surface area contributed by atoms with E-state index in [4.69, 9.17) is 14.3 Å². The summed E-state index contributed by atoms with van der Waals surface area (Å²) in [5.74, 6) is 1.24. The monoisotopic (exact) mass is 380 g/mol. The minimum atomic E-state index is -0.743. The molecule has 2 aromatic heterocycles. The normalized spacial score (nSPS) is 20.2. The van der Waals surface area contributed by atoms with Crippen molar-refractivity contribution in [3.63, 3.8) is 0 Å². The summed E-state index contributed by atoms with van der Waals surface area (Å²) in [5, 5.41) is 6.54. The number of allylic oxidation sites excluding steroid dienone is 1. The number of hydrogen-bond donors (Lipinski definition) is 0. The van der Waals surface area contributed by atoms with E-state index in [1.54, 1.807) is 18.3 Å². The maximum absolute atomic E-state index is 13.6. The summed E-state index contributed by atoms with van der Waals surface area (Å²) in [6, 6.07) is 7.36. The van der Waals surface area contributed by atoms with E-state index < -0.39 is 5.95 Å². The zero-order valence-corrected chi connectivity index (χ0v) is 15.6. The van der Waals surface area contributed by atoms with Crippen LogP contribution >= 0.6 is 0 Å². The summed E-state index contributed by atoms with van der Waals surface area (Å²) >= 11 is 0. The molecule has 1 aliphatic heterocycles. The SMILES string of the molecule is C=C(F)/N=C1\C(=C/C)C(c2cc(Oc3ccccn3)co2)=NN1C1CCCC1. The van der Waals surface area contributed by atoms with Gasteiger partial charge in [-0.25, -0.2) is 15.0 Å². The lowest BCUT2D eigenvalue weighted by Gasteiger charge is -2.22. The van der Waals surface area contributed by atoms with Crippen LogP contribution in [0.2, 0.25) is 0 Å². The summed E-state index contributed by atoms with van der Waals surface area (Å²) in [4.78, 5) is 8.16. The van der Waals surface area contributed by atoms with E-state index in [-0.39, 0.29) is 6.04 Å². The van der Waals surface area contributed by atoms with Crippen LogP contribution in [-0.4, -0.2) is 27.6 Å². The van der Waals surface area contributed by atoms with Gasteiger partial charge in [-0.15, -0.1) is 0 Å². The predicted molar refractivity (Wildman–Crippen MR) is 105 cm³/mol. The van der Waals surface area contributed by atoms with Crippen molar-refractivity contribution in [3.05, 3.63) is 66.7 Å². The van der Waals surface area contributed by atoms with Gasteiger partial charge >= 0.3 is 0 Å². The zero-order chi connectivity index (χ0) is 19.5. The van der Waals surface area contributed by atoms with E-state index in [2.05, 4.69) is 16.6 Å². The number of ether oxygens (including phenoxy) is 1. The molecular formula is C21H21FN4O2. The number of rotatable bonds is 5. The molecule has 0 bridgehead atoms. The lowest BCUT2D eigenvalue weighted by molar-refractivity contribution is 0.335. The van der Waals surface area contributed by atoms with Crippen LogP contribution in [-0.2, 0) is 0 Å². The number of hydrogen-bond acceptors (Lipinski definition) is 5. The third kappa shape index (κ3) is 3.60. The van der Waals surface area contributed by atoms with Crippen LogP contribution < -0.4 is 4.74 Å². The maximum Gasteiger partial charge on any atom is 0.219 e. The Balaban J connectivity index is 1.66. The van der Waals surface area contributed by atoms with Gasteiger partial charge in [-0.3, -0.25) is 0 Å². The van der Waals surface area contributed by atoms with Crippen molar-refractivity contribution >= 4 is 11.5 Å². The minimum absolute atomic E-state index is 0.199. The minimum Gasteiger partial charge on any atom is -0.459 e. The maximum atomic E-state index is 13.6. The molecule has 144 valence electrons. The lowest BCUT2D eigenvalue weighted by atomic mass is 10.1. The van der Waals surface area contributed by atoms with E-state index in [9.17, 15) is 4.39 Å². The van der Waals surface area contributed by atoms with Gasteiger partial charge in [0.05, 0.1) is 6.04 Å². The Labute approximate surface area is 162 Å². The number of amidine groups is 1. The average molecular weight is 380 g/mol. The Morgan fingerprint density at radius 3 is 2.89 bits per heavy atom. The summed E-state index contributed by atoms with van der Waals surface area (Å²) < 4.78 is 25.0. The summed E-state index contributed by atoms with van der Waals surface area (Å²) in [7, 11) is 0. The molecule has 0 saturated heterocycles. The fraction of sp³-hybridized carbons (Fsp3) is 0.286. The second kappa shape index (κ2) is 7.80. The van der Waals surface area contributed by atoms with Gasteiger partial charge in [-0.05, 0) is 32.4 Å². The largest absolute Gasteiger partial charge is 0.459 e. The molecule has 2 aliphatic rings. The third-order valence-corrected chi connectivity index (χ3v) is 4.78. The van der Waals surface area contributed by atoms with Gasteiger partial charge in [-0.1, -0.05) is 25.0 Å². The molecule has 0 atom stereocenters. The molecule has 0 spiro atoms. The number of furan rings is 1. The van der Waals surface area contributed by atoms with Crippen molar-refractivity contribution in [2.24, 2.45) is 10.1 Å². The molecule has 4 rings (SSSR count). The molecule has 0 amide bonds. The number of aromatic nitrogens is 1. The third-order valence-electron chi connectivity index (χ3n) is 4.78. The molecule has 7 heteroatoms. The van der Waals surface area contributed by atoms with Crippen LogP contribution in [0.5, 0.6) is 11.6 Å². The van der Waals surface area contributed by atoms with Crippen LogP contribution in [0.3, 0.4) is 0 Å². The summed E-state index contributed by atoms with van der Waals surface area (Å²) in [5.41, 5.74) is 1.31. The second-order valence-corrected chi connectivity index (χ2v) is 6.66. The van der Waals surface area contributed by atoms with Crippen LogP contribution in [0.15, 0.2) is 75.4 Å². The molecule has 0 unspecified atom stereocenters. The van der Waals surface area contributed by atoms with Crippen LogP contribution in [0, 0.1) is 0 Å². The van der Waals surface area contributed by atoms with E-state index in [0.29, 0.717) is 34.5 Å². The Hall–Kier alpha value is -3.22. The second-order valence-electron chi connectivity index (χ2n) is 6.66. The van der Waals surface area contributed by atoms with E-state index in [1.807, 2.05) is 30.1 Å². The Bertz CT molecular complexity index is 956. The Kier molecular flexibility index (Phi) is 5.06. The smallest absolute Gasteiger partial charge is 0.219 e. The molecule has 1 fully saturated rings. The summed E-state index contributed by atoms with van der Waals surface area (Å²) in [6.45, 7) is 5.16. The van der Waals surface area contributed by atoms with Crippen LogP contribution in [0.4, 0.5) is 4.39 Å². The number of pyridine rings is 1. The molecule has 3 heterocycles. The Morgan fingerprint density at radius 1 is 1.39 bits per heavy atom. The fourth-order valence-corrected chi connectivity index (χ4v) is 3.54. The topological polar surface area (TPSA) is 63.2 Å². The van der Waals surface area contributed by atoms with E-state index in [1.165, 1.54) is 6.26 Å². The predicted octanol–water partition coefficient (Wildman–Crippen LogP) is 5.21. The van der Waals surface area contributed by atoms with Crippen LogP contribution in [0.1, 0.15) is 38.4 Å². The first-order valence-corrected chi connectivity index (χ1v) is 9.31. The highest BCUT2D eigenvalue weighted by molar-refractivity contribution is 6.31. The molecule has 1 aliphatic carbocycles. The number of hydrazone groups is 1. The molecule has 1 saturated carbocycles. The highest BCUT2D eigenvalue weighted by Crippen LogP contribution is 2.33. The molecule has 2 aromatic rings. The first-order valence-electron chi connectivity index (χ1n) is 9.31. The molecule has 0 aromatic carbocycles. The van der Waals surface area contributed by atoms with Crippen molar-refractivity contribution in [3.8, 4) is 11.6 Å². The van der Waals surface area contributed by atoms with Crippen molar-refractivity contribution in [1.82, 2.24) is 9.99 Å². The molecule has 0 radical (unpaired) electrons. The van der Waals surface area contributed by atoms with Gasteiger partial charge in [0.2, 0.25) is 11.8 Å². The van der Waals surface area contributed by atoms with Gasteiger partial charge in [0.1, 0.15) is 12.0 Å². The van der Waals surface area contributed by atoms with Gasteiger partial charge in [0.25, 0.3) is 0 Å². The van der Waals surface area contributed by atoms with Gasteiger partial charge in [-0.2, -0.15) is 9.49 Å². The fourth-order valence-electron chi connectivity index (χ4n) is 3.54. The molecule has 28 heavy (non-hydrogen) atoms. The Morgan fingerprint density at radius 2 is 2.21 bits per heavy atom. The molecular weight excluding hydrogens is 359 g/mol. The quantitative estimate of drug-likeness (QED) is 0.668. The first kappa shape index (κ1) is 18.2. The van der Waals surface area contributed by atoms with Crippen molar-refractivity contribution in [1.29, 1.82) is 0 Å². The lowest BCUT2D eigenvalue weighted by Crippen LogP contribution is -2.31. The number of nitrogens with zero attached hydrogens (tertiary/aromatic N) is 4. The van der Waals surface area contributed by atoms with Gasteiger partial charge in [0, 0.05) is 23.9 Å². The van der Waals surface area contributed by atoms with E-state index in [0.717, 1.165) is 25.7 Å². The highest BCUT2D eigenvalue weighted by atomic mass is 19.1. The number of halogens is 1. The first-order chi connectivity index (χ1) is 13.7. The van der Waals surface area contributed by atoms with Gasteiger partial charge < -0.3 is 9.15 Å². The number of aliphatic imine (C=N–C) groups is 1. The highest BCUT2D eigenvalue weighted by Gasteiger charge is 2.36. The van der Waals surface area contributed by atoms with Gasteiger partial charge in [0.15, 0.2) is 17.3 Å². The average Bonchev–Trinajstić information content (AvgIpc) is 3.41. The summed E-state index contributed by atoms with van der Waals surface area (Å²) in [6.07, 6.45) is 9.27. The van der Waals surface area contributed by atoms with Crippen molar-refractivity contribution < 1.29 is 13.5 Å². The van der Waals surface area contributed by atoms with E-state index >= 15 is 0 Å². The molecule has 0 N–H and O–H groups in total. The zero-order valence-electron chi connectivity index (χ0n) is 15.6. The molecule has 6 nitrogen and oxygen atoms in total. The van der Waals surface area contributed by atoms with Crippen molar-refractivity contribution in [2.45, 2.75) is 38.6 Å². The standard InChI is InChI=1S/C21H21FN4O2/c1-3-17-20(18-12-16(13-27-18)28-19-10-6-7-11-23-19)25-26(15-8-4-5-9-15)21(17)24-14(2)22/h3,6-7,10-13,15H,2,4-5,8-9H2,1H3/b17-3-,24-21+. The van der Waals surface area contributed by atoms with Crippen LogP contribution in [0.25, 0.3) is 0 Å². The van der Waals surface area contributed by atoms with Crippen molar-refractivity contribution in [2.75, 3.05) is 0 Å².